The highest BCUT2D eigenvalue weighted by Crippen LogP contribution is 2.52. The second kappa shape index (κ2) is 6.93. The molecule has 1 aromatic rings. The van der Waals surface area contributed by atoms with Gasteiger partial charge in [-0.1, -0.05) is 24.3 Å². The lowest BCUT2D eigenvalue weighted by molar-refractivity contribution is -0.121. The second-order valence-electron chi connectivity index (χ2n) is 8.11. The van der Waals surface area contributed by atoms with Crippen molar-refractivity contribution in [1.29, 1.82) is 0 Å². The number of nitrogens with one attached hydrogen (secondary N) is 1. The molecule has 1 aliphatic carbocycles. The molecule has 1 atom stereocenters. The average molecular weight is 355 g/mol. The Bertz CT molecular complexity index is 688. The van der Waals surface area contributed by atoms with Gasteiger partial charge in [-0.05, 0) is 54.6 Å². The highest BCUT2D eigenvalue weighted by molar-refractivity contribution is 5.77. The molecule has 2 aliphatic heterocycles. The van der Waals surface area contributed by atoms with Crippen molar-refractivity contribution < 1.29 is 9.59 Å². The summed E-state index contributed by atoms with van der Waals surface area (Å²) < 4.78 is 0. The molecule has 0 bridgehead atoms. The molecule has 1 spiro atoms. The van der Waals surface area contributed by atoms with Crippen LogP contribution in [0, 0.1) is 0 Å². The molecule has 0 radical (unpaired) electrons. The Balaban J connectivity index is 1.49. The summed E-state index contributed by atoms with van der Waals surface area (Å²) in [7, 11) is 1.71. The van der Waals surface area contributed by atoms with E-state index in [4.69, 9.17) is 0 Å². The zero-order chi connectivity index (χ0) is 18.1. The minimum atomic E-state index is 0.114. The summed E-state index contributed by atoms with van der Waals surface area (Å²) in [6, 6.07) is 8.87. The Hall–Kier alpha value is -2.04. The van der Waals surface area contributed by atoms with Crippen molar-refractivity contribution in [2.75, 3.05) is 33.2 Å². The molecular weight excluding hydrogens is 326 g/mol. The highest BCUT2D eigenvalue weighted by Gasteiger charge is 2.46. The molecule has 1 N–H and O–H groups in total. The van der Waals surface area contributed by atoms with Crippen LogP contribution < -0.4 is 5.32 Å². The molecule has 2 heterocycles. The maximum atomic E-state index is 12.7. The molecule has 26 heavy (non-hydrogen) atoms. The first-order chi connectivity index (χ1) is 12.6. The molecular formula is C21H29N3O2. The van der Waals surface area contributed by atoms with Crippen molar-refractivity contribution in [3.8, 4) is 0 Å². The van der Waals surface area contributed by atoms with E-state index in [1.807, 2.05) is 9.80 Å². The number of piperidine rings is 1. The van der Waals surface area contributed by atoms with Gasteiger partial charge in [0.15, 0.2) is 0 Å². The number of nitrogens with zero attached hydrogens (tertiary/aromatic N) is 2. The minimum absolute atomic E-state index is 0.114. The lowest BCUT2D eigenvalue weighted by Gasteiger charge is -2.41. The predicted octanol–water partition coefficient (Wildman–Crippen LogP) is 2.86. The molecule has 0 aromatic heterocycles. The Morgan fingerprint density at radius 1 is 1.08 bits per heavy atom. The van der Waals surface area contributed by atoms with Crippen molar-refractivity contribution in [3.05, 3.63) is 35.4 Å². The zero-order valence-corrected chi connectivity index (χ0v) is 15.7. The molecule has 3 aliphatic rings. The lowest BCUT2D eigenvalue weighted by Crippen LogP contribution is -2.49. The van der Waals surface area contributed by atoms with Crippen LogP contribution in [0.5, 0.6) is 0 Å². The number of likely N-dealkylation sites (tertiary alicyclic amines) is 2. The number of fused-ring (bicyclic) bond motifs is 2. The maximum absolute atomic E-state index is 12.7. The topological polar surface area (TPSA) is 52.7 Å². The van der Waals surface area contributed by atoms with Crippen LogP contribution in [0.15, 0.2) is 24.3 Å². The van der Waals surface area contributed by atoms with Crippen molar-refractivity contribution in [2.45, 2.75) is 49.9 Å². The van der Waals surface area contributed by atoms with Gasteiger partial charge in [-0.15, -0.1) is 0 Å². The van der Waals surface area contributed by atoms with E-state index in [2.05, 4.69) is 29.6 Å². The SMILES string of the molecule is CNC(=O)C[C@@H]1CC2(CCN(C(=O)N3CCCC3)CC2)c2ccccc21. The van der Waals surface area contributed by atoms with Crippen molar-refractivity contribution in [1.82, 2.24) is 15.1 Å². The first-order valence-corrected chi connectivity index (χ1v) is 9.97. The summed E-state index contributed by atoms with van der Waals surface area (Å²) in [6.45, 7) is 3.49. The summed E-state index contributed by atoms with van der Waals surface area (Å²) in [5.41, 5.74) is 2.90. The lowest BCUT2D eigenvalue weighted by atomic mass is 9.73. The van der Waals surface area contributed by atoms with Crippen LogP contribution >= 0.6 is 0 Å². The van der Waals surface area contributed by atoms with E-state index in [0.717, 1.165) is 58.3 Å². The van der Waals surface area contributed by atoms with Crippen LogP contribution in [0.4, 0.5) is 4.79 Å². The standard InChI is InChI=1S/C21H29N3O2/c1-22-19(25)14-16-15-21(18-7-3-2-6-17(16)18)8-12-24(13-9-21)20(26)23-10-4-5-11-23/h2-3,6-7,16H,4-5,8-15H2,1H3,(H,22,25)/t16-/m1/s1. The van der Waals surface area contributed by atoms with Crippen LogP contribution in [0.1, 0.15) is 55.6 Å². The van der Waals surface area contributed by atoms with Gasteiger partial charge in [-0.2, -0.15) is 0 Å². The molecule has 0 saturated carbocycles. The smallest absolute Gasteiger partial charge is 0.319 e. The number of carbonyl (C=O) groups is 2. The number of benzene rings is 1. The van der Waals surface area contributed by atoms with Gasteiger partial charge >= 0.3 is 6.03 Å². The van der Waals surface area contributed by atoms with E-state index >= 15 is 0 Å². The van der Waals surface area contributed by atoms with E-state index < -0.39 is 0 Å². The molecule has 5 heteroatoms. The van der Waals surface area contributed by atoms with Crippen LogP contribution in [0.25, 0.3) is 0 Å². The normalized spacial score (nSPS) is 24.0. The Morgan fingerprint density at radius 2 is 1.73 bits per heavy atom. The molecule has 1 aromatic carbocycles. The fraction of sp³-hybridized carbons (Fsp3) is 0.619. The van der Waals surface area contributed by atoms with E-state index in [1.54, 1.807) is 7.05 Å². The molecule has 3 amide bonds. The van der Waals surface area contributed by atoms with Crippen molar-refractivity contribution >= 4 is 11.9 Å². The summed E-state index contributed by atoms with van der Waals surface area (Å²) in [6.07, 6.45) is 5.88. The fourth-order valence-corrected chi connectivity index (χ4v) is 5.24. The monoisotopic (exact) mass is 355 g/mol. The van der Waals surface area contributed by atoms with E-state index in [-0.39, 0.29) is 17.4 Å². The number of amides is 3. The van der Waals surface area contributed by atoms with E-state index in [0.29, 0.717) is 12.3 Å². The number of urea groups is 1. The Labute approximate surface area is 155 Å². The summed E-state index contributed by atoms with van der Waals surface area (Å²) in [5.74, 6) is 0.412. The van der Waals surface area contributed by atoms with Crippen LogP contribution in [0.3, 0.4) is 0 Å². The Kier molecular flexibility index (Phi) is 4.63. The van der Waals surface area contributed by atoms with E-state index in [1.165, 1.54) is 11.1 Å². The first-order valence-electron chi connectivity index (χ1n) is 9.97. The zero-order valence-electron chi connectivity index (χ0n) is 15.7. The third-order valence-electron chi connectivity index (χ3n) is 6.69. The summed E-state index contributed by atoms with van der Waals surface area (Å²) in [4.78, 5) is 28.7. The third kappa shape index (κ3) is 2.97. The highest BCUT2D eigenvalue weighted by atomic mass is 16.2. The molecule has 5 nitrogen and oxygen atoms in total. The molecule has 2 saturated heterocycles. The van der Waals surface area contributed by atoms with Crippen molar-refractivity contribution in [3.63, 3.8) is 0 Å². The fourth-order valence-electron chi connectivity index (χ4n) is 5.24. The van der Waals surface area contributed by atoms with Gasteiger partial charge in [-0.3, -0.25) is 4.79 Å². The summed E-state index contributed by atoms with van der Waals surface area (Å²) in [5, 5.41) is 2.77. The van der Waals surface area contributed by atoms with Gasteiger partial charge in [0.25, 0.3) is 0 Å². The summed E-state index contributed by atoms with van der Waals surface area (Å²) >= 11 is 0. The van der Waals surface area contributed by atoms with Gasteiger partial charge in [0, 0.05) is 39.6 Å². The largest absolute Gasteiger partial charge is 0.359 e. The molecule has 0 unspecified atom stereocenters. The molecule has 140 valence electrons. The second-order valence-corrected chi connectivity index (χ2v) is 8.11. The van der Waals surface area contributed by atoms with Crippen molar-refractivity contribution in [2.24, 2.45) is 0 Å². The van der Waals surface area contributed by atoms with E-state index in [9.17, 15) is 9.59 Å². The maximum Gasteiger partial charge on any atom is 0.319 e. The van der Waals surface area contributed by atoms with Gasteiger partial charge in [-0.25, -0.2) is 4.79 Å². The predicted molar refractivity (Wildman–Crippen MR) is 101 cm³/mol. The molecule has 2 fully saturated rings. The number of rotatable bonds is 2. The molecule has 4 rings (SSSR count). The van der Waals surface area contributed by atoms with Crippen LogP contribution in [-0.2, 0) is 10.2 Å². The first kappa shape index (κ1) is 17.4. The quantitative estimate of drug-likeness (QED) is 0.887. The van der Waals surface area contributed by atoms with Gasteiger partial charge in [0.1, 0.15) is 0 Å². The number of hydrogen-bond acceptors (Lipinski definition) is 2. The third-order valence-corrected chi connectivity index (χ3v) is 6.69. The number of hydrogen-bond donors (Lipinski definition) is 1. The average Bonchev–Trinajstić information content (AvgIpc) is 3.30. The number of carbonyl (C=O) groups excluding carboxylic acids is 2. The minimum Gasteiger partial charge on any atom is -0.359 e. The van der Waals surface area contributed by atoms with Crippen LogP contribution in [0.2, 0.25) is 0 Å². The van der Waals surface area contributed by atoms with Gasteiger partial charge < -0.3 is 15.1 Å². The van der Waals surface area contributed by atoms with Gasteiger partial charge in [0.05, 0.1) is 0 Å². The Morgan fingerprint density at radius 3 is 2.42 bits per heavy atom. The van der Waals surface area contributed by atoms with Gasteiger partial charge in [0.2, 0.25) is 5.91 Å². The van der Waals surface area contributed by atoms with Crippen LogP contribution in [-0.4, -0.2) is 55.0 Å².